The molecular formula is C14H26N4O+2. The Morgan fingerprint density at radius 1 is 1.16 bits per heavy atom. The Morgan fingerprint density at radius 3 is 2.21 bits per heavy atom. The van der Waals surface area contributed by atoms with Crippen molar-refractivity contribution in [1.29, 1.82) is 0 Å². The molecule has 1 rings (SSSR count). The number of carbonyl (C=O) groups is 1. The summed E-state index contributed by atoms with van der Waals surface area (Å²) in [6, 6.07) is 9.95. The van der Waals surface area contributed by atoms with E-state index in [1.807, 2.05) is 58.3 Å². The number of carbonyl (C=O) groups excluding carboxylic acids is 1. The Morgan fingerprint density at radius 2 is 1.74 bits per heavy atom. The third kappa shape index (κ3) is 4.31. The maximum atomic E-state index is 12.1. The highest BCUT2D eigenvalue weighted by molar-refractivity contribution is 5.78. The third-order valence-corrected chi connectivity index (χ3v) is 3.56. The molecule has 0 aliphatic rings. The fraction of sp³-hybridized carbons (Fsp3) is 0.500. The molecule has 5 heteroatoms. The van der Waals surface area contributed by atoms with Crippen molar-refractivity contribution in [2.24, 2.45) is 5.84 Å². The van der Waals surface area contributed by atoms with Crippen molar-refractivity contribution in [3.8, 4) is 0 Å². The van der Waals surface area contributed by atoms with Crippen LogP contribution >= 0.6 is 0 Å². The van der Waals surface area contributed by atoms with Gasteiger partial charge in [0.05, 0.1) is 20.6 Å². The average molecular weight is 266 g/mol. The van der Waals surface area contributed by atoms with Gasteiger partial charge >= 0.3 is 5.91 Å². The highest BCUT2D eigenvalue weighted by Gasteiger charge is 2.29. The molecule has 5 nitrogen and oxygen atoms in total. The number of hydrogen-bond acceptors (Lipinski definition) is 2. The lowest BCUT2D eigenvalue weighted by Gasteiger charge is -2.33. The van der Waals surface area contributed by atoms with E-state index >= 15 is 0 Å². The minimum Gasteiger partial charge on any atom is -0.263 e. The van der Waals surface area contributed by atoms with Crippen LogP contribution in [0.25, 0.3) is 0 Å². The molecule has 1 aromatic rings. The van der Waals surface area contributed by atoms with E-state index in [0.717, 1.165) is 12.2 Å². The Kier molecular flexibility index (Phi) is 5.05. The highest BCUT2D eigenvalue weighted by atomic mass is 16.2. The molecule has 1 aromatic carbocycles. The molecule has 3 N–H and O–H groups in total. The number of amides is 1. The largest absolute Gasteiger partial charge is 0.322 e. The van der Waals surface area contributed by atoms with Gasteiger partial charge in [-0.25, -0.2) is 4.59 Å². The summed E-state index contributed by atoms with van der Waals surface area (Å²) in [7, 11) is 3.83. The van der Waals surface area contributed by atoms with Crippen LogP contribution in [0, 0.1) is 0 Å². The minimum absolute atomic E-state index is 0.0416. The van der Waals surface area contributed by atoms with Crippen molar-refractivity contribution >= 4 is 11.6 Å². The minimum atomic E-state index is -0.0416. The van der Waals surface area contributed by atoms with Gasteiger partial charge in [0.1, 0.15) is 6.54 Å². The summed E-state index contributed by atoms with van der Waals surface area (Å²) in [5, 5.41) is 0. The van der Waals surface area contributed by atoms with Crippen molar-refractivity contribution in [1.82, 2.24) is 10.0 Å². The lowest BCUT2D eigenvalue weighted by molar-refractivity contribution is -0.912. The number of hydrogen-bond donors (Lipinski definition) is 2. The summed E-state index contributed by atoms with van der Waals surface area (Å²) in [6.07, 6.45) is 0. The Balaban J connectivity index is 2.80. The molecular weight excluding hydrogens is 240 g/mol. The quantitative estimate of drug-likeness (QED) is 0.459. The van der Waals surface area contributed by atoms with Crippen molar-refractivity contribution < 1.29 is 9.39 Å². The molecule has 0 spiro atoms. The summed E-state index contributed by atoms with van der Waals surface area (Å²) < 4.78 is 0.577. The second-order valence-corrected chi connectivity index (χ2v) is 5.33. The van der Waals surface area contributed by atoms with Crippen molar-refractivity contribution in [3.63, 3.8) is 0 Å². The molecule has 0 aliphatic carbocycles. The molecule has 0 bridgehead atoms. The van der Waals surface area contributed by atoms with Crippen LogP contribution in [0.1, 0.15) is 13.8 Å². The van der Waals surface area contributed by atoms with Crippen molar-refractivity contribution in [2.75, 3.05) is 33.7 Å². The number of rotatable bonds is 6. The molecule has 0 saturated carbocycles. The maximum absolute atomic E-state index is 12.1. The van der Waals surface area contributed by atoms with Gasteiger partial charge in [0.25, 0.3) is 0 Å². The number of quaternary nitrogens is 2. The normalized spacial score (nSPS) is 17.3. The van der Waals surface area contributed by atoms with Crippen LogP contribution in [-0.4, -0.2) is 44.2 Å². The summed E-state index contributed by atoms with van der Waals surface area (Å²) in [5.41, 5.74) is 4.11. The summed E-state index contributed by atoms with van der Waals surface area (Å²) in [6.45, 7) is 5.78. The van der Waals surface area contributed by atoms with Gasteiger partial charge in [0, 0.05) is 12.1 Å². The zero-order valence-electron chi connectivity index (χ0n) is 12.4. The SMILES string of the molecule is CC[N@@+](C)(N)CC(=O)N[N@@+](C)(CC)c1ccccc1. The molecule has 0 aromatic heterocycles. The number of likely N-dealkylation sites (N-methyl/N-ethyl adjacent to an activating group) is 1. The van der Waals surface area contributed by atoms with Gasteiger partial charge in [-0.1, -0.05) is 18.2 Å². The Labute approximate surface area is 115 Å². The van der Waals surface area contributed by atoms with Crippen LogP contribution in [0.15, 0.2) is 30.3 Å². The molecule has 0 radical (unpaired) electrons. The fourth-order valence-electron chi connectivity index (χ4n) is 1.83. The molecule has 0 aliphatic heterocycles. The van der Waals surface area contributed by atoms with Crippen LogP contribution in [0.4, 0.5) is 5.69 Å². The van der Waals surface area contributed by atoms with Gasteiger partial charge in [-0.3, -0.25) is 4.79 Å². The van der Waals surface area contributed by atoms with Crippen LogP contribution in [0.2, 0.25) is 0 Å². The standard InChI is InChI=1S/C14H25N4O/c1-5-17(3,15)12-14(19)16-18(4,6-2)13-10-8-7-9-11-13/h7-11H,5-6,12,15H2,1-4H3/q+1/p+1/t17-,18+/m1/s1. The zero-order chi connectivity index (χ0) is 14.5. The average Bonchev–Trinajstić information content (AvgIpc) is 2.39. The highest BCUT2D eigenvalue weighted by Crippen LogP contribution is 2.17. The first-order chi connectivity index (χ1) is 8.83. The van der Waals surface area contributed by atoms with Crippen LogP contribution in [0.3, 0.4) is 0 Å². The fourth-order valence-corrected chi connectivity index (χ4v) is 1.83. The maximum Gasteiger partial charge on any atom is 0.322 e. The zero-order valence-corrected chi connectivity index (χ0v) is 12.4. The molecule has 0 saturated heterocycles. The number of nitrogens with zero attached hydrogens (tertiary/aromatic N) is 2. The molecule has 2 atom stereocenters. The summed E-state index contributed by atoms with van der Waals surface area (Å²) in [4.78, 5) is 12.1. The number of para-hydroxylation sites is 1. The van der Waals surface area contributed by atoms with Gasteiger partial charge in [-0.05, 0) is 13.8 Å². The number of nitrogens with one attached hydrogen (secondary N) is 1. The van der Waals surface area contributed by atoms with Crippen LogP contribution in [-0.2, 0) is 4.79 Å². The smallest absolute Gasteiger partial charge is 0.263 e. The predicted octanol–water partition coefficient (Wildman–Crippen LogP) is 1.02. The van der Waals surface area contributed by atoms with Gasteiger partial charge < -0.3 is 0 Å². The van der Waals surface area contributed by atoms with E-state index < -0.39 is 0 Å². The first kappa shape index (κ1) is 15.6. The first-order valence-electron chi connectivity index (χ1n) is 6.68. The van der Waals surface area contributed by atoms with Gasteiger partial charge in [-0.2, -0.15) is 15.9 Å². The Bertz CT molecular complexity index is 419. The summed E-state index contributed by atoms with van der Waals surface area (Å²) in [5.74, 6) is 5.94. The van der Waals surface area contributed by atoms with Gasteiger partial charge in [-0.15, -0.1) is 0 Å². The molecule has 0 fully saturated rings. The van der Waals surface area contributed by atoms with Gasteiger partial charge in [0.2, 0.25) is 0 Å². The van der Waals surface area contributed by atoms with E-state index in [9.17, 15) is 4.79 Å². The lowest BCUT2D eigenvalue weighted by Crippen LogP contribution is -2.63. The monoisotopic (exact) mass is 266 g/mol. The van der Waals surface area contributed by atoms with E-state index in [0.29, 0.717) is 11.1 Å². The second-order valence-electron chi connectivity index (χ2n) is 5.33. The molecule has 19 heavy (non-hydrogen) atoms. The predicted molar refractivity (Wildman–Crippen MR) is 78.6 cm³/mol. The second kappa shape index (κ2) is 6.14. The molecule has 1 amide bonds. The molecule has 0 unspecified atom stereocenters. The van der Waals surface area contributed by atoms with Crippen LogP contribution in [0.5, 0.6) is 0 Å². The van der Waals surface area contributed by atoms with Gasteiger partial charge in [0.15, 0.2) is 12.2 Å². The van der Waals surface area contributed by atoms with E-state index in [1.165, 1.54) is 0 Å². The topological polar surface area (TPSA) is 55.1 Å². The number of benzene rings is 1. The lowest BCUT2D eigenvalue weighted by atomic mass is 10.3. The molecule has 0 heterocycles. The first-order valence-corrected chi connectivity index (χ1v) is 6.68. The number of nitrogens with two attached hydrogens (primary N) is 1. The van der Waals surface area contributed by atoms with E-state index in [1.54, 1.807) is 0 Å². The van der Waals surface area contributed by atoms with E-state index in [4.69, 9.17) is 5.84 Å². The third-order valence-electron chi connectivity index (χ3n) is 3.56. The van der Waals surface area contributed by atoms with E-state index in [2.05, 4.69) is 5.43 Å². The van der Waals surface area contributed by atoms with E-state index in [-0.39, 0.29) is 17.0 Å². The van der Waals surface area contributed by atoms with Crippen molar-refractivity contribution in [2.45, 2.75) is 13.8 Å². The molecule has 106 valence electrons. The van der Waals surface area contributed by atoms with Crippen molar-refractivity contribution in [3.05, 3.63) is 30.3 Å². The summed E-state index contributed by atoms with van der Waals surface area (Å²) >= 11 is 0. The Hall–Kier alpha value is -1.43. The van der Waals surface area contributed by atoms with Crippen LogP contribution < -0.4 is 15.9 Å².